The van der Waals surface area contributed by atoms with Crippen molar-refractivity contribution >= 4 is 23.9 Å². The maximum Gasteiger partial charge on any atom is 0.309 e. The molecule has 224 valence electrons. The second kappa shape index (κ2) is 8.13. The summed E-state index contributed by atoms with van der Waals surface area (Å²) in [7, 11) is 0. The molecule has 9 rings (SSSR count). The Balaban J connectivity index is 1.43. The van der Waals surface area contributed by atoms with Crippen molar-refractivity contribution in [2.75, 3.05) is 6.54 Å². The predicted molar refractivity (Wildman–Crippen MR) is 142 cm³/mol. The lowest BCUT2D eigenvalue weighted by molar-refractivity contribution is -0.288. The standard InChI is InChI=1S/C31H41NO9/c1-8-13(2)26(36)41-19-11-30-22-18-10-29-9-14(3)20(21(23(29)30)38-15(4)33)25(40-17(6)35)31(29,37)27(30)32(18)12-28(22,7)24(19)39-16(5)34/h13,18-25,27,37H,3,8-12H2,1-2,4-7H3. The van der Waals surface area contributed by atoms with Crippen LogP contribution in [0, 0.1) is 39.9 Å². The van der Waals surface area contributed by atoms with Crippen LogP contribution in [0.1, 0.15) is 67.2 Å². The Labute approximate surface area is 240 Å². The summed E-state index contributed by atoms with van der Waals surface area (Å²) < 4.78 is 24.4. The van der Waals surface area contributed by atoms with E-state index in [-0.39, 0.29) is 35.8 Å². The first kappa shape index (κ1) is 27.4. The van der Waals surface area contributed by atoms with E-state index in [1.165, 1.54) is 20.8 Å². The second-order valence-electron chi connectivity index (χ2n) is 14.4. The van der Waals surface area contributed by atoms with Gasteiger partial charge in [-0.05, 0) is 31.6 Å². The fourth-order valence-electron chi connectivity index (χ4n) is 12.1. The molecule has 9 aliphatic rings. The van der Waals surface area contributed by atoms with Crippen molar-refractivity contribution in [3.63, 3.8) is 0 Å². The zero-order valence-electron chi connectivity index (χ0n) is 24.7. The van der Waals surface area contributed by atoms with E-state index >= 15 is 0 Å². The first-order valence-electron chi connectivity index (χ1n) is 15.1. The Morgan fingerprint density at radius 2 is 1.63 bits per heavy atom. The summed E-state index contributed by atoms with van der Waals surface area (Å²) >= 11 is 0. The van der Waals surface area contributed by atoms with E-state index in [0.717, 1.165) is 5.57 Å². The molecule has 2 spiro atoms. The van der Waals surface area contributed by atoms with Gasteiger partial charge in [-0.1, -0.05) is 32.9 Å². The average molecular weight is 572 g/mol. The molecular formula is C31H41NO9. The number of hydrogen-bond acceptors (Lipinski definition) is 10. The van der Waals surface area contributed by atoms with Gasteiger partial charge in [0, 0.05) is 61.6 Å². The molecule has 3 heterocycles. The molecule has 15 unspecified atom stereocenters. The first-order chi connectivity index (χ1) is 19.2. The van der Waals surface area contributed by atoms with Gasteiger partial charge >= 0.3 is 23.9 Å². The molecule has 10 heteroatoms. The third-order valence-electron chi connectivity index (χ3n) is 12.6. The Bertz CT molecular complexity index is 1280. The minimum Gasteiger partial charge on any atom is -0.461 e. The summed E-state index contributed by atoms with van der Waals surface area (Å²) in [4.78, 5) is 53.1. The van der Waals surface area contributed by atoms with Gasteiger partial charge in [-0.3, -0.25) is 24.1 Å². The van der Waals surface area contributed by atoms with Crippen LogP contribution in [0.25, 0.3) is 0 Å². The number of piperidine rings is 2. The zero-order valence-corrected chi connectivity index (χ0v) is 24.7. The number of esters is 4. The molecule has 10 nitrogen and oxygen atoms in total. The van der Waals surface area contributed by atoms with E-state index in [2.05, 4.69) is 18.4 Å². The monoisotopic (exact) mass is 571 g/mol. The van der Waals surface area contributed by atoms with E-state index in [0.29, 0.717) is 32.2 Å². The average Bonchev–Trinajstić information content (AvgIpc) is 3.29. The van der Waals surface area contributed by atoms with Crippen molar-refractivity contribution in [2.24, 2.45) is 39.9 Å². The van der Waals surface area contributed by atoms with Gasteiger partial charge in [-0.2, -0.15) is 0 Å². The molecule has 9 fully saturated rings. The number of fused-ring (bicyclic) bond motifs is 1. The van der Waals surface area contributed by atoms with E-state index in [1.807, 2.05) is 13.8 Å². The van der Waals surface area contributed by atoms with Crippen LogP contribution in [0.15, 0.2) is 12.2 Å². The summed E-state index contributed by atoms with van der Waals surface area (Å²) in [6.45, 7) is 14.9. The van der Waals surface area contributed by atoms with E-state index in [9.17, 15) is 24.3 Å². The fraction of sp³-hybridized carbons (Fsp3) is 0.806. The number of hydrogen-bond donors (Lipinski definition) is 1. The van der Waals surface area contributed by atoms with Gasteiger partial charge in [0.05, 0.1) is 11.8 Å². The van der Waals surface area contributed by atoms with Gasteiger partial charge in [0.25, 0.3) is 0 Å². The molecule has 3 aliphatic heterocycles. The third-order valence-corrected chi connectivity index (χ3v) is 12.6. The van der Waals surface area contributed by atoms with E-state index < -0.39 is 70.1 Å². The largest absolute Gasteiger partial charge is 0.461 e. The molecule has 6 aliphatic carbocycles. The lowest BCUT2D eigenvalue weighted by Crippen LogP contribution is -2.77. The SMILES string of the molecule is C=C1CC23CC4C5C6(C)CN4C4C5(CC(OC(=O)C(C)CC)C6OC(C)=O)C2C(OC(C)=O)C1C(OC(C)=O)C43O. The van der Waals surface area contributed by atoms with Crippen molar-refractivity contribution < 1.29 is 43.2 Å². The lowest BCUT2D eigenvalue weighted by atomic mass is 9.38. The van der Waals surface area contributed by atoms with Gasteiger partial charge in [-0.25, -0.2) is 0 Å². The maximum atomic E-state index is 13.2. The van der Waals surface area contributed by atoms with Crippen molar-refractivity contribution in [1.82, 2.24) is 4.90 Å². The molecule has 0 aromatic heterocycles. The van der Waals surface area contributed by atoms with Crippen LogP contribution in [0.4, 0.5) is 0 Å². The summed E-state index contributed by atoms with van der Waals surface area (Å²) in [6.07, 6.45) is -0.761. The van der Waals surface area contributed by atoms with Gasteiger partial charge < -0.3 is 24.1 Å². The lowest BCUT2D eigenvalue weighted by Gasteiger charge is -2.68. The van der Waals surface area contributed by atoms with Gasteiger partial charge in [0.15, 0.2) is 0 Å². The van der Waals surface area contributed by atoms with Crippen LogP contribution in [0.5, 0.6) is 0 Å². The topological polar surface area (TPSA) is 129 Å². The molecule has 0 radical (unpaired) electrons. The molecule has 15 atom stereocenters. The highest BCUT2D eigenvalue weighted by molar-refractivity contribution is 5.72. The second-order valence-corrected chi connectivity index (χ2v) is 14.4. The van der Waals surface area contributed by atoms with Gasteiger partial charge in [0.1, 0.15) is 30.0 Å². The number of ether oxygens (including phenoxy) is 4. The molecule has 41 heavy (non-hydrogen) atoms. The van der Waals surface area contributed by atoms with Crippen LogP contribution in [0.3, 0.4) is 0 Å². The number of rotatable bonds is 6. The normalized spacial score (nSPS) is 53.2. The molecular weight excluding hydrogens is 530 g/mol. The molecule has 6 saturated carbocycles. The minimum absolute atomic E-state index is 0.00352. The molecule has 1 N–H and O–H groups in total. The highest BCUT2D eigenvalue weighted by Crippen LogP contribution is 2.88. The molecule has 3 saturated heterocycles. The Hall–Kier alpha value is -2.46. The van der Waals surface area contributed by atoms with Crippen molar-refractivity contribution in [1.29, 1.82) is 0 Å². The zero-order chi connectivity index (χ0) is 29.6. The smallest absolute Gasteiger partial charge is 0.309 e. The van der Waals surface area contributed by atoms with Crippen molar-refractivity contribution in [3.8, 4) is 0 Å². The van der Waals surface area contributed by atoms with Gasteiger partial charge in [0.2, 0.25) is 0 Å². The Morgan fingerprint density at radius 3 is 2.24 bits per heavy atom. The fourth-order valence-corrected chi connectivity index (χ4v) is 12.1. The van der Waals surface area contributed by atoms with Crippen molar-refractivity contribution in [3.05, 3.63) is 12.2 Å². The first-order valence-corrected chi connectivity index (χ1v) is 15.1. The van der Waals surface area contributed by atoms with E-state index in [4.69, 9.17) is 18.9 Å². The van der Waals surface area contributed by atoms with Crippen molar-refractivity contribution in [2.45, 2.75) is 109 Å². The summed E-state index contributed by atoms with van der Waals surface area (Å²) in [5.41, 5.74) is -2.45. The minimum atomic E-state index is -1.39. The molecule has 0 aromatic rings. The van der Waals surface area contributed by atoms with Crippen LogP contribution in [-0.2, 0) is 38.1 Å². The number of carbonyl (C=O) groups is 4. The Morgan fingerprint density at radius 1 is 1.00 bits per heavy atom. The maximum absolute atomic E-state index is 13.2. The predicted octanol–water partition coefficient (Wildman–Crippen LogP) is 2.16. The summed E-state index contributed by atoms with van der Waals surface area (Å²) in [5, 5.41) is 13.1. The van der Waals surface area contributed by atoms with Crippen LogP contribution in [0.2, 0.25) is 0 Å². The van der Waals surface area contributed by atoms with Crippen LogP contribution >= 0.6 is 0 Å². The van der Waals surface area contributed by atoms with Crippen LogP contribution in [-0.4, -0.2) is 82.5 Å². The number of aliphatic hydroxyl groups is 1. The van der Waals surface area contributed by atoms with E-state index in [1.54, 1.807) is 0 Å². The molecule has 0 amide bonds. The summed E-state index contributed by atoms with van der Waals surface area (Å²) in [5.74, 6) is -2.84. The van der Waals surface area contributed by atoms with Gasteiger partial charge in [-0.15, -0.1) is 0 Å². The highest BCUT2D eigenvalue weighted by atomic mass is 16.6. The summed E-state index contributed by atoms with van der Waals surface area (Å²) in [6, 6.07) is -0.287. The number of carbonyl (C=O) groups excluding carboxylic acids is 4. The quantitative estimate of drug-likeness (QED) is 0.288. The van der Waals surface area contributed by atoms with Crippen LogP contribution < -0.4 is 0 Å². The Kier molecular flexibility index (Phi) is 5.43. The number of nitrogens with zero attached hydrogens (tertiary/aromatic N) is 1. The molecule has 9 bridgehead atoms. The molecule has 0 aromatic carbocycles. The highest BCUT2D eigenvalue weighted by Gasteiger charge is 2.97. The third kappa shape index (κ3) is 2.87.